The molecule has 0 bridgehead atoms. The number of nitrogens with zero attached hydrogens (tertiary/aromatic N) is 1. The molecule has 0 aromatic carbocycles. The lowest BCUT2D eigenvalue weighted by atomic mass is 10.4. The average Bonchev–Trinajstić information content (AvgIpc) is 2.96. The summed E-state index contributed by atoms with van der Waals surface area (Å²) in [5.74, 6) is -0.131. The number of aromatic carboxylic acids is 1. The molecule has 4 nitrogen and oxygen atoms in total. The van der Waals surface area contributed by atoms with E-state index in [2.05, 4.69) is 22.6 Å². The maximum atomic E-state index is 10.9. The van der Waals surface area contributed by atoms with E-state index >= 15 is 0 Å². The number of ether oxygens (including phenoxy) is 1. The Balaban J connectivity index is 1.84. The Morgan fingerprint density at radius 1 is 1.62 bits per heavy atom. The number of carboxylic acid groups (broad SMARTS) is 1. The lowest BCUT2D eigenvalue weighted by Gasteiger charge is -2.06. The van der Waals surface area contributed by atoms with Gasteiger partial charge in [0.1, 0.15) is 5.69 Å². The summed E-state index contributed by atoms with van der Waals surface area (Å²) in [6.45, 7) is 2.01. The molecule has 16 heavy (non-hydrogen) atoms. The molecule has 1 N–H and O–H groups in total. The molecule has 1 saturated carbocycles. The van der Waals surface area contributed by atoms with Gasteiger partial charge in [-0.05, 0) is 47.4 Å². The Hall–Kier alpha value is -0.560. The molecule has 0 unspecified atom stereocenters. The molecular weight excluding hydrogens is 321 g/mol. The highest BCUT2D eigenvalue weighted by Gasteiger charge is 2.21. The Morgan fingerprint density at radius 3 is 3.00 bits per heavy atom. The molecule has 1 heterocycles. The van der Waals surface area contributed by atoms with Gasteiger partial charge in [0.2, 0.25) is 0 Å². The summed E-state index contributed by atoms with van der Waals surface area (Å²) in [6, 6.07) is 1.67. The third-order valence-electron chi connectivity index (χ3n) is 2.61. The number of halogens is 1. The van der Waals surface area contributed by atoms with Crippen molar-refractivity contribution in [2.45, 2.75) is 19.4 Å². The van der Waals surface area contributed by atoms with Gasteiger partial charge in [-0.15, -0.1) is 0 Å². The van der Waals surface area contributed by atoms with Crippen LogP contribution in [-0.4, -0.2) is 28.9 Å². The molecule has 1 fully saturated rings. The molecule has 1 aromatic rings. The zero-order valence-corrected chi connectivity index (χ0v) is 11.0. The third-order valence-corrected chi connectivity index (χ3v) is 3.20. The van der Waals surface area contributed by atoms with E-state index in [4.69, 9.17) is 9.84 Å². The molecule has 0 atom stereocenters. The van der Waals surface area contributed by atoms with E-state index < -0.39 is 5.97 Å². The minimum absolute atomic E-state index is 0.333. The number of aromatic nitrogens is 1. The Morgan fingerprint density at radius 2 is 2.38 bits per heavy atom. The van der Waals surface area contributed by atoms with Crippen molar-refractivity contribution in [3.8, 4) is 0 Å². The third kappa shape index (κ3) is 3.21. The molecule has 0 amide bonds. The lowest BCUT2D eigenvalue weighted by molar-refractivity contribution is 0.0679. The summed E-state index contributed by atoms with van der Waals surface area (Å²) in [5, 5.41) is 8.97. The highest BCUT2D eigenvalue weighted by atomic mass is 127. The van der Waals surface area contributed by atoms with Crippen molar-refractivity contribution < 1.29 is 14.6 Å². The number of rotatable bonds is 6. The maximum absolute atomic E-state index is 10.9. The van der Waals surface area contributed by atoms with Gasteiger partial charge in [-0.2, -0.15) is 0 Å². The van der Waals surface area contributed by atoms with Gasteiger partial charge in [0.15, 0.2) is 0 Å². The Kier molecular flexibility index (Phi) is 3.86. The number of hydrogen-bond donors (Lipinski definition) is 1. The molecule has 0 radical (unpaired) electrons. The lowest BCUT2D eigenvalue weighted by Crippen LogP contribution is -2.12. The van der Waals surface area contributed by atoms with Crippen LogP contribution in [0.15, 0.2) is 12.3 Å². The molecule has 1 aromatic heterocycles. The van der Waals surface area contributed by atoms with E-state index in [1.165, 1.54) is 12.8 Å². The SMILES string of the molecule is O=C(O)c1cc(I)cn1CCOCC1CC1. The fourth-order valence-corrected chi connectivity index (χ4v) is 2.17. The fourth-order valence-electron chi connectivity index (χ4n) is 1.54. The van der Waals surface area contributed by atoms with Crippen LogP contribution >= 0.6 is 22.6 Å². The summed E-state index contributed by atoms with van der Waals surface area (Å²) in [5.41, 5.74) is 0.333. The quantitative estimate of drug-likeness (QED) is 0.641. The van der Waals surface area contributed by atoms with E-state index in [0.29, 0.717) is 18.8 Å². The van der Waals surface area contributed by atoms with Gasteiger partial charge >= 0.3 is 5.97 Å². The molecule has 1 aliphatic carbocycles. The summed E-state index contributed by atoms with van der Waals surface area (Å²) >= 11 is 2.12. The number of carboxylic acids is 1. The van der Waals surface area contributed by atoms with Gasteiger partial charge in [0, 0.05) is 22.9 Å². The fraction of sp³-hybridized carbons (Fsp3) is 0.545. The van der Waals surface area contributed by atoms with Crippen LogP contribution in [0.5, 0.6) is 0 Å². The Bertz CT molecular complexity index is 385. The van der Waals surface area contributed by atoms with E-state index in [1.54, 1.807) is 10.6 Å². The van der Waals surface area contributed by atoms with Crippen molar-refractivity contribution in [2.24, 2.45) is 5.92 Å². The van der Waals surface area contributed by atoms with Crippen molar-refractivity contribution in [2.75, 3.05) is 13.2 Å². The van der Waals surface area contributed by atoms with E-state index in [-0.39, 0.29) is 0 Å². The predicted molar refractivity (Wildman–Crippen MR) is 67.7 cm³/mol. The molecule has 0 saturated heterocycles. The van der Waals surface area contributed by atoms with Gasteiger partial charge < -0.3 is 14.4 Å². The Labute approximate surface area is 108 Å². The van der Waals surface area contributed by atoms with Crippen LogP contribution in [0.25, 0.3) is 0 Å². The zero-order chi connectivity index (χ0) is 11.5. The van der Waals surface area contributed by atoms with Crippen LogP contribution in [0.2, 0.25) is 0 Å². The molecule has 2 rings (SSSR count). The van der Waals surface area contributed by atoms with Gasteiger partial charge in [-0.1, -0.05) is 0 Å². The van der Waals surface area contributed by atoms with E-state index in [9.17, 15) is 4.79 Å². The van der Waals surface area contributed by atoms with Crippen LogP contribution in [0, 0.1) is 9.49 Å². The van der Waals surface area contributed by atoms with Gasteiger partial charge in [0.05, 0.1) is 6.61 Å². The summed E-state index contributed by atoms with van der Waals surface area (Å²) < 4.78 is 8.16. The second kappa shape index (κ2) is 5.18. The number of carbonyl (C=O) groups is 1. The van der Waals surface area contributed by atoms with E-state index in [0.717, 1.165) is 16.1 Å². The molecule has 88 valence electrons. The number of hydrogen-bond acceptors (Lipinski definition) is 2. The van der Waals surface area contributed by atoms with Crippen molar-refractivity contribution in [1.29, 1.82) is 0 Å². The first kappa shape index (κ1) is 11.9. The first-order chi connectivity index (χ1) is 7.66. The first-order valence-corrected chi connectivity index (χ1v) is 6.41. The van der Waals surface area contributed by atoms with Crippen LogP contribution in [-0.2, 0) is 11.3 Å². The monoisotopic (exact) mass is 335 g/mol. The van der Waals surface area contributed by atoms with Crippen LogP contribution in [0.3, 0.4) is 0 Å². The average molecular weight is 335 g/mol. The van der Waals surface area contributed by atoms with Gasteiger partial charge in [0.25, 0.3) is 0 Å². The highest BCUT2D eigenvalue weighted by Crippen LogP contribution is 2.28. The molecule has 5 heteroatoms. The van der Waals surface area contributed by atoms with Gasteiger partial charge in [-0.25, -0.2) is 4.79 Å². The van der Waals surface area contributed by atoms with Crippen LogP contribution in [0.4, 0.5) is 0 Å². The predicted octanol–water partition coefficient (Wildman–Crippen LogP) is 2.22. The smallest absolute Gasteiger partial charge is 0.352 e. The van der Waals surface area contributed by atoms with Crippen molar-refractivity contribution >= 4 is 28.6 Å². The zero-order valence-electron chi connectivity index (χ0n) is 8.86. The molecule has 0 spiro atoms. The highest BCUT2D eigenvalue weighted by molar-refractivity contribution is 14.1. The largest absolute Gasteiger partial charge is 0.477 e. The van der Waals surface area contributed by atoms with Crippen LogP contribution < -0.4 is 0 Å². The van der Waals surface area contributed by atoms with Crippen molar-refractivity contribution in [3.05, 3.63) is 21.5 Å². The second-order valence-electron chi connectivity index (χ2n) is 4.06. The maximum Gasteiger partial charge on any atom is 0.352 e. The summed E-state index contributed by atoms with van der Waals surface area (Å²) in [6.07, 6.45) is 4.40. The second-order valence-corrected chi connectivity index (χ2v) is 5.31. The first-order valence-electron chi connectivity index (χ1n) is 5.33. The minimum Gasteiger partial charge on any atom is -0.477 e. The van der Waals surface area contributed by atoms with Crippen molar-refractivity contribution in [1.82, 2.24) is 4.57 Å². The van der Waals surface area contributed by atoms with Crippen LogP contribution in [0.1, 0.15) is 23.3 Å². The van der Waals surface area contributed by atoms with E-state index in [1.807, 2.05) is 6.20 Å². The van der Waals surface area contributed by atoms with Gasteiger partial charge in [-0.3, -0.25) is 0 Å². The van der Waals surface area contributed by atoms with Crippen molar-refractivity contribution in [3.63, 3.8) is 0 Å². The minimum atomic E-state index is -0.884. The topological polar surface area (TPSA) is 51.5 Å². The normalized spacial score (nSPS) is 15.3. The molecule has 0 aliphatic heterocycles. The summed E-state index contributed by atoms with van der Waals surface area (Å²) in [4.78, 5) is 10.9. The molecule has 1 aliphatic rings. The summed E-state index contributed by atoms with van der Waals surface area (Å²) in [7, 11) is 0. The molecular formula is C11H14INO3. The standard InChI is InChI=1S/C11H14INO3/c12-9-5-10(11(14)15)13(6-9)3-4-16-7-8-1-2-8/h5-6,8H,1-4,7H2,(H,14,15).